The van der Waals surface area contributed by atoms with Crippen molar-refractivity contribution in [3.8, 4) is 0 Å². The predicted molar refractivity (Wildman–Crippen MR) is 165 cm³/mol. The first-order valence-corrected chi connectivity index (χ1v) is 17.2. The summed E-state index contributed by atoms with van der Waals surface area (Å²) >= 11 is 0. The van der Waals surface area contributed by atoms with E-state index in [1.807, 2.05) is 0 Å². The highest BCUT2D eigenvalue weighted by Crippen LogP contribution is 2.49. The van der Waals surface area contributed by atoms with Crippen LogP contribution in [-0.2, 0) is 5.54 Å². The van der Waals surface area contributed by atoms with Crippen molar-refractivity contribution in [2.24, 2.45) is 4.99 Å². The Bertz CT molecular complexity index is 1520. The summed E-state index contributed by atoms with van der Waals surface area (Å²) in [5.74, 6) is 0. The minimum atomic E-state index is -1.59. The van der Waals surface area contributed by atoms with Gasteiger partial charge in [0.2, 0.25) is 0 Å². The van der Waals surface area contributed by atoms with Gasteiger partial charge in [-0.05, 0) is 86.2 Å². The number of anilines is 1. The Kier molecular flexibility index (Phi) is 6.19. The van der Waals surface area contributed by atoms with E-state index in [2.05, 4.69) is 127 Å². The van der Waals surface area contributed by atoms with Crippen molar-refractivity contribution in [3.63, 3.8) is 0 Å². The van der Waals surface area contributed by atoms with Crippen LogP contribution in [0.25, 0.3) is 10.8 Å². The molecule has 0 saturated heterocycles. The first kappa shape index (κ1) is 25.5. The number of hydrogen-bond donors (Lipinski definition) is 1. The average molecular weight is 505 g/mol. The molecule has 0 saturated carbocycles. The summed E-state index contributed by atoms with van der Waals surface area (Å²) in [5.41, 5.74) is 13.4. The lowest BCUT2D eigenvalue weighted by Crippen LogP contribution is -2.46. The second-order valence-electron chi connectivity index (χ2n) is 12.5. The van der Waals surface area contributed by atoms with Gasteiger partial charge in [-0.25, -0.2) is 4.99 Å². The molecule has 1 aliphatic rings. The van der Waals surface area contributed by atoms with Gasteiger partial charge in [0, 0.05) is 19.3 Å². The molecule has 2 nitrogen and oxygen atoms in total. The number of aryl methyl sites for hydroxylation is 6. The quantitative estimate of drug-likeness (QED) is 0.269. The van der Waals surface area contributed by atoms with E-state index in [1.165, 1.54) is 61.0 Å². The van der Waals surface area contributed by atoms with Gasteiger partial charge in [0.15, 0.2) is 0 Å². The Morgan fingerprint density at radius 2 is 1.27 bits per heavy atom. The fourth-order valence-electron chi connectivity index (χ4n) is 6.60. The molecule has 0 spiro atoms. The molecule has 1 N–H and O–H groups in total. The third-order valence-corrected chi connectivity index (χ3v) is 9.28. The van der Waals surface area contributed by atoms with Crippen LogP contribution in [-0.4, -0.2) is 13.8 Å². The molecule has 1 atom stereocenters. The number of aliphatic imine (C=N–C) groups is 1. The van der Waals surface area contributed by atoms with Crippen LogP contribution in [0.15, 0.2) is 65.7 Å². The molecule has 5 rings (SSSR count). The van der Waals surface area contributed by atoms with E-state index in [4.69, 9.17) is 4.99 Å². The Morgan fingerprint density at radius 3 is 1.84 bits per heavy atom. The molecule has 0 amide bonds. The first-order chi connectivity index (χ1) is 17.4. The molecule has 0 aliphatic heterocycles. The number of hydrogen-bond acceptors (Lipinski definition) is 2. The lowest BCUT2D eigenvalue weighted by atomic mass is 9.89. The summed E-state index contributed by atoms with van der Waals surface area (Å²) in [7, 11) is -1.59. The first-order valence-electron chi connectivity index (χ1n) is 13.5. The van der Waals surface area contributed by atoms with Crippen molar-refractivity contribution in [2.45, 2.75) is 72.8 Å². The van der Waals surface area contributed by atoms with E-state index in [1.54, 1.807) is 0 Å². The van der Waals surface area contributed by atoms with Crippen LogP contribution in [0.4, 0.5) is 11.4 Å². The summed E-state index contributed by atoms with van der Waals surface area (Å²) in [4.78, 5) is 5.63. The van der Waals surface area contributed by atoms with E-state index < -0.39 is 13.6 Å². The van der Waals surface area contributed by atoms with Crippen LogP contribution in [0.5, 0.6) is 0 Å². The highest BCUT2D eigenvalue weighted by molar-refractivity contribution is 6.76. The van der Waals surface area contributed by atoms with Gasteiger partial charge in [0.1, 0.15) is 5.54 Å². The number of nitrogens with one attached hydrogen (secondary N) is 1. The van der Waals surface area contributed by atoms with Crippen LogP contribution < -0.4 is 5.32 Å². The summed E-state index contributed by atoms with van der Waals surface area (Å²) in [6.45, 7) is 20.7. The van der Waals surface area contributed by atoms with Crippen molar-refractivity contribution in [3.05, 3.63) is 105 Å². The molecule has 0 radical (unpaired) electrons. The van der Waals surface area contributed by atoms with Gasteiger partial charge in [-0.1, -0.05) is 91.4 Å². The Balaban J connectivity index is 1.88. The summed E-state index contributed by atoms with van der Waals surface area (Å²) in [6, 6.07) is 23.7. The maximum absolute atomic E-state index is 5.63. The molecule has 37 heavy (non-hydrogen) atoms. The summed E-state index contributed by atoms with van der Waals surface area (Å²) in [5, 5.41) is 6.84. The largest absolute Gasteiger partial charge is 0.370 e. The predicted octanol–water partition coefficient (Wildman–Crippen LogP) is 9.47. The van der Waals surface area contributed by atoms with Crippen molar-refractivity contribution in [1.82, 2.24) is 0 Å². The van der Waals surface area contributed by atoms with Crippen LogP contribution in [0, 0.1) is 41.5 Å². The van der Waals surface area contributed by atoms with Crippen LogP contribution in [0.3, 0.4) is 0 Å². The molecule has 0 fully saturated rings. The second-order valence-corrected chi connectivity index (χ2v) is 17.9. The average Bonchev–Trinajstić information content (AvgIpc) is 3.03. The van der Waals surface area contributed by atoms with Gasteiger partial charge in [-0.15, -0.1) is 0 Å². The normalized spacial score (nSPS) is 18.1. The number of nitrogens with zero attached hydrogens (tertiary/aromatic N) is 1. The van der Waals surface area contributed by atoms with E-state index in [9.17, 15) is 0 Å². The molecule has 0 aromatic heterocycles. The zero-order chi connectivity index (χ0) is 26.7. The van der Waals surface area contributed by atoms with E-state index >= 15 is 0 Å². The number of benzene rings is 4. The number of rotatable bonds is 5. The zero-order valence-corrected chi connectivity index (χ0v) is 24.9. The minimum Gasteiger partial charge on any atom is -0.370 e. The van der Waals surface area contributed by atoms with Gasteiger partial charge < -0.3 is 5.32 Å². The van der Waals surface area contributed by atoms with Crippen LogP contribution in [0.2, 0.25) is 25.7 Å². The van der Waals surface area contributed by atoms with E-state index in [-0.39, 0.29) is 0 Å². The molecule has 4 aromatic rings. The smallest absolute Gasteiger partial charge is 0.104 e. The zero-order valence-electron chi connectivity index (χ0n) is 23.9. The lowest BCUT2D eigenvalue weighted by Gasteiger charge is -2.39. The Hall–Kier alpha value is -3.17. The SMILES string of the molecule is Cc1cc(C)c(N=C2c3cccc4cccc(c34)[C@]2(C[Si](C)(C)C)Nc2c(C)cc(C)cc2C)c(C)c1. The van der Waals surface area contributed by atoms with Gasteiger partial charge >= 0.3 is 0 Å². The topological polar surface area (TPSA) is 24.4 Å². The van der Waals surface area contributed by atoms with Gasteiger partial charge in [-0.2, -0.15) is 0 Å². The summed E-state index contributed by atoms with van der Waals surface area (Å²) in [6.07, 6.45) is 0. The van der Waals surface area contributed by atoms with Crippen molar-refractivity contribution < 1.29 is 0 Å². The second kappa shape index (κ2) is 8.99. The highest BCUT2D eigenvalue weighted by Gasteiger charge is 2.48. The lowest BCUT2D eigenvalue weighted by molar-refractivity contribution is 0.738. The molecule has 190 valence electrons. The third kappa shape index (κ3) is 4.44. The highest BCUT2D eigenvalue weighted by atomic mass is 28.3. The monoisotopic (exact) mass is 504 g/mol. The van der Waals surface area contributed by atoms with Gasteiger partial charge in [0.05, 0.1) is 11.4 Å². The van der Waals surface area contributed by atoms with E-state index in [0.717, 1.165) is 17.4 Å². The fourth-order valence-corrected chi connectivity index (χ4v) is 8.64. The maximum atomic E-state index is 5.63. The molecular weight excluding hydrogens is 464 g/mol. The summed E-state index contributed by atoms with van der Waals surface area (Å²) < 4.78 is 0. The van der Waals surface area contributed by atoms with Crippen molar-refractivity contribution >= 4 is 35.9 Å². The van der Waals surface area contributed by atoms with Crippen molar-refractivity contribution in [2.75, 3.05) is 5.32 Å². The van der Waals surface area contributed by atoms with Crippen molar-refractivity contribution in [1.29, 1.82) is 0 Å². The molecule has 4 aromatic carbocycles. The standard InChI is InChI=1S/C34H40N2Si/c1-21-16-23(3)31(24(4)17-21)35-33-28-14-10-12-27-13-11-15-29(30(27)28)34(33,20-37(7,8)9)36-32-25(5)18-22(2)19-26(32)6/h10-19,36H,20H2,1-9H3/t34-/m0/s1. The molecule has 0 bridgehead atoms. The third-order valence-electron chi connectivity index (χ3n) is 7.69. The van der Waals surface area contributed by atoms with E-state index in [0.29, 0.717) is 0 Å². The molecule has 0 heterocycles. The molecule has 3 heteroatoms. The minimum absolute atomic E-state index is 0.401. The molecular formula is C34H40N2Si. The maximum Gasteiger partial charge on any atom is 0.104 e. The molecule has 0 unspecified atom stereocenters. The van der Waals surface area contributed by atoms with Gasteiger partial charge in [0.25, 0.3) is 0 Å². The molecule has 1 aliphatic carbocycles. The Labute approximate surface area is 223 Å². The van der Waals surface area contributed by atoms with Crippen LogP contribution in [0.1, 0.15) is 44.5 Å². The van der Waals surface area contributed by atoms with Gasteiger partial charge in [-0.3, -0.25) is 0 Å². The fraction of sp³-hybridized carbons (Fsp3) is 0.324. The Morgan fingerprint density at radius 1 is 0.730 bits per heavy atom. The van der Waals surface area contributed by atoms with Crippen LogP contribution >= 0.6 is 0 Å².